The lowest BCUT2D eigenvalue weighted by Crippen LogP contribution is -2.38. The molecule has 0 atom stereocenters. The van der Waals surface area contributed by atoms with Gasteiger partial charge in [0.25, 0.3) is 0 Å². The molecule has 0 bridgehead atoms. The molecule has 1 aliphatic rings. The highest BCUT2D eigenvalue weighted by Gasteiger charge is 2.22. The molecule has 0 aliphatic carbocycles. The third-order valence-corrected chi connectivity index (χ3v) is 5.01. The van der Waals surface area contributed by atoms with Crippen molar-refractivity contribution in [3.8, 4) is 0 Å². The highest BCUT2D eigenvalue weighted by molar-refractivity contribution is 4.95. The van der Waals surface area contributed by atoms with Gasteiger partial charge in [-0.25, -0.2) is 0 Å². The summed E-state index contributed by atoms with van der Waals surface area (Å²) in [5.74, 6) is 0. The van der Waals surface area contributed by atoms with Crippen LogP contribution in [-0.4, -0.2) is 29.1 Å². The van der Waals surface area contributed by atoms with Crippen molar-refractivity contribution in [3.63, 3.8) is 0 Å². The summed E-state index contributed by atoms with van der Waals surface area (Å²) in [7, 11) is 0. The average Bonchev–Trinajstić information content (AvgIpc) is 2.94. The van der Waals surface area contributed by atoms with Crippen molar-refractivity contribution >= 4 is 0 Å². The fourth-order valence-corrected chi connectivity index (χ4v) is 3.52. The van der Waals surface area contributed by atoms with E-state index in [0.29, 0.717) is 6.17 Å². The van der Waals surface area contributed by atoms with Crippen LogP contribution in [0.5, 0.6) is 0 Å². The lowest BCUT2D eigenvalue weighted by atomic mass is 10.0. The van der Waals surface area contributed by atoms with Crippen LogP contribution >= 0.6 is 0 Å². The standard InChI is InChI=1S/C20H40N2/c1-4-7-8-9-10-11-12-13-14-15-16-17-20-21(5-2)18-19-22(20)6-3/h18-20H,4-17H2,1-3H3. The summed E-state index contributed by atoms with van der Waals surface area (Å²) in [6.45, 7) is 9.08. The monoisotopic (exact) mass is 308 g/mol. The van der Waals surface area contributed by atoms with Gasteiger partial charge in [-0.3, -0.25) is 0 Å². The van der Waals surface area contributed by atoms with Crippen LogP contribution < -0.4 is 0 Å². The maximum Gasteiger partial charge on any atom is 0.101 e. The SMILES string of the molecule is CCCCCCCCCCCCCC1N(CC)C=CN1CC. The van der Waals surface area contributed by atoms with Gasteiger partial charge in [-0.05, 0) is 26.7 Å². The van der Waals surface area contributed by atoms with Gasteiger partial charge in [-0.2, -0.15) is 0 Å². The number of rotatable bonds is 14. The van der Waals surface area contributed by atoms with Gasteiger partial charge in [0, 0.05) is 25.5 Å². The van der Waals surface area contributed by atoms with E-state index in [9.17, 15) is 0 Å². The maximum absolute atomic E-state index is 2.49. The molecular weight excluding hydrogens is 268 g/mol. The van der Waals surface area contributed by atoms with E-state index >= 15 is 0 Å². The van der Waals surface area contributed by atoms with Crippen molar-refractivity contribution < 1.29 is 0 Å². The lowest BCUT2D eigenvalue weighted by molar-refractivity contribution is 0.149. The fraction of sp³-hybridized carbons (Fsp3) is 0.900. The molecule has 0 fully saturated rings. The fourth-order valence-electron chi connectivity index (χ4n) is 3.52. The number of hydrogen-bond donors (Lipinski definition) is 0. The number of nitrogens with zero attached hydrogens (tertiary/aromatic N) is 2. The molecule has 1 rings (SSSR count). The summed E-state index contributed by atoms with van der Waals surface area (Å²) in [6.07, 6.45) is 22.3. The van der Waals surface area contributed by atoms with Crippen LogP contribution in [0.15, 0.2) is 12.4 Å². The van der Waals surface area contributed by atoms with Gasteiger partial charge < -0.3 is 9.80 Å². The lowest BCUT2D eigenvalue weighted by Gasteiger charge is -2.31. The van der Waals surface area contributed by atoms with Crippen LogP contribution in [0.3, 0.4) is 0 Å². The molecule has 2 heteroatoms. The second-order valence-corrected chi connectivity index (χ2v) is 6.76. The third-order valence-electron chi connectivity index (χ3n) is 5.01. The van der Waals surface area contributed by atoms with Crippen LogP contribution in [0.4, 0.5) is 0 Å². The number of unbranched alkanes of at least 4 members (excludes halogenated alkanes) is 10. The molecular formula is C20H40N2. The van der Waals surface area contributed by atoms with Crippen molar-refractivity contribution in [1.82, 2.24) is 9.80 Å². The minimum Gasteiger partial charge on any atom is -0.356 e. The molecule has 0 aromatic carbocycles. The minimum atomic E-state index is 0.633. The normalized spacial score (nSPS) is 15.2. The first-order valence-electron chi connectivity index (χ1n) is 10.0. The molecule has 1 heterocycles. The van der Waals surface area contributed by atoms with Gasteiger partial charge in [0.05, 0.1) is 0 Å². The van der Waals surface area contributed by atoms with Crippen LogP contribution in [-0.2, 0) is 0 Å². The summed E-state index contributed by atoms with van der Waals surface area (Å²) in [5.41, 5.74) is 0. The Morgan fingerprint density at radius 1 is 0.591 bits per heavy atom. The van der Waals surface area contributed by atoms with Gasteiger partial charge in [0.15, 0.2) is 0 Å². The van der Waals surface area contributed by atoms with E-state index in [1.54, 1.807) is 0 Å². The number of hydrogen-bond acceptors (Lipinski definition) is 2. The van der Waals surface area contributed by atoms with E-state index in [0.717, 1.165) is 13.1 Å². The highest BCUT2D eigenvalue weighted by atomic mass is 15.4. The van der Waals surface area contributed by atoms with Crippen LogP contribution in [0.25, 0.3) is 0 Å². The summed E-state index contributed by atoms with van der Waals surface area (Å²) in [5, 5.41) is 0. The Morgan fingerprint density at radius 2 is 1.00 bits per heavy atom. The third kappa shape index (κ3) is 7.56. The van der Waals surface area contributed by atoms with Gasteiger partial charge >= 0.3 is 0 Å². The van der Waals surface area contributed by atoms with Gasteiger partial charge in [0.1, 0.15) is 6.17 Å². The van der Waals surface area contributed by atoms with E-state index < -0.39 is 0 Å². The molecule has 0 saturated carbocycles. The molecule has 0 saturated heterocycles. The molecule has 0 spiro atoms. The smallest absolute Gasteiger partial charge is 0.101 e. The van der Waals surface area contributed by atoms with Crippen LogP contribution in [0, 0.1) is 0 Å². The first kappa shape index (κ1) is 19.4. The zero-order valence-corrected chi connectivity index (χ0v) is 15.5. The van der Waals surface area contributed by atoms with Crippen molar-refractivity contribution in [2.45, 2.75) is 104 Å². The maximum atomic E-state index is 2.49. The van der Waals surface area contributed by atoms with Crippen molar-refractivity contribution in [3.05, 3.63) is 12.4 Å². The average molecular weight is 309 g/mol. The summed E-state index contributed by atoms with van der Waals surface area (Å²) >= 11 is 0. The van der Waals surface area contributed by atoms with E-state index in [-0.39, 0.29) is 0 Å². The van der Waals surface area contributed by atoms with E-state index in [2.05, 4.69) is 43.0 Å². The Morgan fingerprint density at radius 3 is 1.41 bits per heavy atom. The first-order valence-corrected chi connectivity index (χ1v) is 10.0. The minimum absolute atomic E-state index is 0.633. The van der Waals surface area contributed by atoms with Crippen molar-refractivity contribution in [1.29, 1.82) is 0 Å². The Hall–Kier alpha value is -0.660. The van der Waals surface area contributed by atoms with Crippen molar-refractivity contribution in [2.24, 2.45) is 0 Å². The molecule has 130 valence electrons. The molecule has 0 N–H and O–H groups in total. The van der Waals surface area contributed by atoms with Crippen LogP contribution in [0.2, 0.25) is 0 Å². The predicted octanol–water partition coefficient (Wildman–Crippen LogP) is 6.14. The molecule has 0 aromatic rings. The second-order valence-electron chi connectivity index (χ2n) is 6.76. The molecule has 2 nitrogen and oxygen atoms in total. The molecule has 22 heavy (non-hydrogen) atoms. The van der Waals surface area contributed by atoms with Crippen molar-refractivity contribution in [2.75, 3.05) is 13.1 Å². The molecule has 1 aliphatic heterocycles. The first-order chi connectivity index (χ1) is 10.8. The molecule has 0 amide bonds. The molecule has 0 aromatic heterocycles. The quantitative estimate of drug-likeness (QED) is 0.355. The Kier molecular flexibility index (Phi) is 11.3. The zero-order chi connectivity index (χ0) is 16.0. The van der Waals surface area contributed by atoms with E-state index in [1.165, 1.54) is 77.0 Å². The predicted molar refractivity (Wildman–Crippen MR) is 98.8 cm³/mol. The Balaban J connectivity index is 1.92. The summed E-state index contributed by atoms with van der Waals surface area (Å²) in [4.78, 5) is 4.97. The molecule has 0 radical (unpaired) electrons. The summed E-state index contributed by atoms with van der Waals surface area (Å²) in [6, 6.07) is 0. The van der Waals surface area contributed by atoms with Gasteiger partial charge in [-0.1, -0.05) is 71.1 Å². The Labute approximate surface area is 139 Å². The Bertz CT molecular complexity index is 261. The van der Waals surface area contributed by atoms with Crippen LogP contribution in [0.1, 0.15) is 97.8 Å². The second kappa shape index (κ2) is 12.8. The largest absolute Gasteiger partial charge is 0.356 e. The highest BCUT2D eigenvalue weighted by Crippen LogP contribution is 2.21. The van der Waals surface area contributed by atoms with Gasteiger partial charge in [0.2, 0.25) is 0 Å². The zero-order valence-electron chi connectivity index (χ0n) is 15.5. The summed E-state index contributed by atoms with van der Waals surface area (Å²) < 4.78 is 0. The van der Waals surface area contributed by atoms with E-state index in [4.69, 9.17) is 0 Å². The van der Waals surface area contributed by atoms with E-state index in [1.807, 2.05) is 0 Å². The molecule has 0 unspecified atom stereocenters. The van der Waals surface area contributed by atoms with Gasteiger partial charge in [-0.15, -0.1) is 0 Å². The topological polar surface area (TPSA) is 6.48 Å².